The third-order valence-corrected chi connectivity index (χ3v) is 3.84. The topological polar surface area (TPSA) is 48.0 Å². The Morgan fingerprint density at radius 2 is 1.95 bits per heavy atom. The molecule has 1 aliphatic rings. The maximum atomic E-state index is 13.5. The van der Waals surface area contributed by atoms with E-state index in [1.807, 2.05) is 12.1 Å². The van der Waals surface area contributed by atoms with E-state index in [-0.39, 0.29) is 11.4 Å². The molecule has 1 heterocycles. The van der Waals surface area contributed by atoms with Gasteiger partial charge in [0, 0.05) is 18.3 Å². The molecule has 2 N–H and O–H groups in total. The number of fused-ring (bicyclic) bond motifs is 1. The molecule has 0 fully saturated rings. The molecule has 3 nitrogen and oxygen atoms in total. The summed E-state index contributed by atoms with van der Waals surface area (Å²) in [6.07, 6.45) is 3.02. The Morgan fingerprint density at radius 1 is 1.15 bits per heavy atom. The minimum Gasteiger partial charge on any atom is -0.326 e. The van der Waals surface area contributed by atoms with Gasteiger partial charge in [-0.1, -0.05) is 12.1 Å². The number of pyridine rings is 1. The smallest absolute Gasteiger partial charge is 0.251 e. The molecule has 3 rings (SSSR count). The zero-order valence-corrected chi connectivity index (χ0v) is 11.2. The van der Waals surface area contributed by atoms with Crippen LogP contribution >= 0.6 is 0 Å². The molecule has 0 unspecified atom stereocenters. The minimum atomic E-state index is -0.302. The predicted octanol–water partition coefficient (Wildman–Crippen LogP) is 1.98. The second-order valence-corrected chi connectivity index (χ2v) is 5.26. The number of nitrogens with zero attached hydrogens (tertiary/aromatic N) is 1. The molecule has 0 aliphatic heterocycles. The lowest BCUT2D eigenvalue weighted by molar-refractivity contribution is 0.618. The monoisotopic (exact) mass is 272 g/mol. The van der Waals surface area contributed by atoms with Gasteiger partial charge in [0.15, 0.2) is 0 Å². The van der Waals surface area contributed by atoms with Crippen molar-refractivity contribution in [2.45, 2.75) is 32.4 Å². The average Bonchev–Trinajstić information content (AvgIpc) is 2.90. The highest BCUT2D eigenvalue weighted by molar-refractivity contribution is 5.29. The van der Waals surface area contributed by atoms with Gasteiger partial charge in [0.25, 0.3) is 5.56 Å². The predicted molar refractivity (Wildman–Crippen MR) is 76.1 cm³/mol. The fourth-order valence-corrected chi connectivity index (χ4v) is 2.92. The molecule has 104 valence electrons. The number of aryl methyl sites for hydroxylation is 1. The van der Waals surface area contributed by atoms with Crippen molar-refractivity contribution < 1.29 is 4.39 Å². The molecule has 0 saturated carbocycles. The molecular weight excluding hydrogens is 255 g/mol. The first-order valence-electron chi connectivity index (χ1n) is 6.87. The van der Waals surface area contributed by atoms with Crippen LogP contribution in [0.15, 0.2) is 35.1 Å². The van der Waals surface area contributed by atoms with Crippen molar-refractivity contribution in [3.05, 3.63) is 68.9 Å². The Morgan fingerprint density at radius 3 is 2.75 bits per heavy atom. The normalized spacial score (nSPS) is 13.5. The first kappa shape index (κ1) is 13.1. The third-order valence-electron chi connectivity index (χ3n) is 3.84. The zero-order chi connectivity index (χ0) is 14.1. The quantitative estimate of drug-likeness (QED) is 0.928. The van der Waals surface area contributed by atoms with Gasteiger partial charge >= 0.3 is 0 Å². The van der Waals surface area contributed by atoms with Crippen LogP contribution in [0.3, 0.4) is 0 Å². The maximum Gasteiger partial charge on any atom is 0.251 e. The van der Waals surface area contributed by atoms with Gasteiger partial charge in [-0.05, 0) is 48.1 Å². The maximum absolute atomic E-state index is 13.5. The lowest BCUT2D eigenvalue weighted by Crippen LogP contribution is -2.23. The van der Waals surface area contributed by atoms with Gasteiger partial charge in [-0.15, -0.1) is 0 Å². The number of benzene rings is 1. The molecule has 0 amide bonds. The van der Waals surface area contributed by atoms with E-state index in [0.717, 1.165) is 36.1 Å². The number of aromatic nitrogens is 1. The van der Waals surface area contributed by atoms with E-state index in [1.54, 1.807) is 10.6 Å². The third kappa shape index (κ3) is 2.39. The van der Waals surface area contributed by atoms with Crippen molar-refractivity contribution in [2.75, 3.05) is 0 Å². The summed E-state index contributed by atoms with van der Waals surface area (Å²) in [6.45, 7) is 0.708. The van der Waals surface area contributed by atoms with Gasteiger partial charge in [0.2, 0.25) is 0 Å². The second-order valence-electron chi connectivity index (χ2n) is 5.26. The van der Waals surface area contributed by atoms with Gasteiger partial charge in [0.1, 0.15) is 5.82 Å². The summed E-state index contributed by atoms with van der Waals surface area (Å²) < 4.78 is 15.3. The van der Waals surface area contributed by atoms with E-state index < -0.39 is 0 Å². The minimum absolute atomic E-state index is 0.0239. The molecule has 0 radical (unpaired) electrons. The highest BCUT2D eigenvalue weighted by Gasteiger charge is 2.16. The molecular formula is C16H17FN2O. The summed E-state index contributed by atoms with van der Waals surface area (Å²) in [4.78, 5) is 12.1. The molecule has 0 atom stereocenters. The van der Waals surface area contributed by atoms with Crippen LogP contribution in [0.25, 0.3) is 0 Å². The summed E-state index contributed by atoms with van der Waals surface area (Å²) in [5.74, 6) is -0.302. The van der Waals surface area contributed by atoms with Crippen LogP contribution < -0.4 is 11.3 Å². The van der Waals surface area contributed by atoms with Gasteiger partial charge in [-0.3, -0.25) is 4.79 Å². The van der Waals surface area contributed by atoms with Gasteiger partial charge < -0.3 is 10.3 Å². The Kier molecular flexibility index (Phi) is 3.40. The fourth-order valence-electron chi connectivity index (χ4n) is 2.92. The van der Waals surface area contributed by atoms with Gasteiger partial charge in [-0.25, -0.2) is 4.39 Å². The number of hydrogen-bond donors (Lipinski definition) is 1. The first-order chi connectivity index (χ1) is 9.67. The van der Waals surface area contributed by atoms with Crippen molar-refractivity contribution in [3.8, 4) is 0 Å². The highest BCUT2D eigenvalue weighted by Crippen LogP contribution is 2.21. The fraction of sp³-hybridized carbons (Fsp3) is 0.312. The highest BCUT2D eigenvalue weighted by atomic mass is 19.1. The standard InChI is InChI=1S/C16H17FN2O/c17-14-7-11(9-18)6-12(8-14)10-19-15-3-1-2-13(15)4-5-16(19)20/h4-8H,1-3,9-10,18H2. The van der Waals surface area contributed by atoms with Crippen molar-refractivity contribution in [1.82, 2.24) is 4.57 Å². The Bertz CT molecular complexity index is 706. The van der Waals surface area contributed by atoms with Crippen molar-refractivity contribution in [2.24, 2.45) is 5.73 Å². The molecule has 1 aliphatic carbocycles. The summed E-state index contributed by atoms with van der Waals surface area (Å²) in [6, 6.07) is 8.29. The van der Waals surface area contributed by atoms with Crippen LogP contribution in [0, 0.1) is 5.82 Å². The van der Waals surface area contributed by atoms with E-state index in [1.165, 1.54) is 17.7 Å². The Balaban J connectivity index is 2.02. The molecule has 1 aromatic carbocycles. The van der Waals surface area contributed by atoms with E-state index in [4.69, 9.17) is 5.73 Å². The molecule has 2 aromatic rings. The average molecular weight is 272 g/mol. The molecule has 0 saturated heterocycles. The van der Waals surface area contributed by atoms with E-state index in [0.29, 0.717) is 13.1 Å². The summed E-state index contributed by atoms with van der Waals surface area (Å²) in [7, 11) is 0. The SMILES string of the molecule is NCc1cc(F)cc(Cn2c3c(ccc2=O)CCC3)c1. The molecule has 1 aromatic heterocycles. The summed E-state index contributed by atoms with van der Waals surface area (Å²) in [5.41, 5.74) is 9.41. The second kappa shape index (κ2) is 5.21. The number of nitrogens with two attached hydrogens (primary N) is 1. The molecule has 0 bridgehead atoms. The number of halogens is 1. The van der Waals surface area contributed by atoms with Crippen LogP contribution in [0.4, 0.5) is 4.39 Å². The largest absolute Gasteiger partial charge is 0.326 e. The van der Waals surface area contributed by atoms with E-state index in [9.17, 15) is 9.18 Å². The van der Waals surface area contributed by atoms with Crippen LogP contribution in [0.2, 0.25) is 0 Å². The van der Waals surface area contributed by atoms with E-state index in [2.05, 4.69) is 0 Å². The van der Waals surface area contributed by atoms with Crippen molar-refractivity contribution in [3.63, 3.8) is 0 Å². The van der Waals surface area contributed by atoms with Crippen LogP contribution in [-0.2, 0) is 25.9 Å². The lowest BCUT2D eigenvalue weighted by atomic mass is 10.1. The lowest BCUT2D eigenvalue weighted by Gasteiger charge is -2.13. The van der Waals surface area contributed by atoms with Crippen molar-refractivity contribution in [1.29, 1.82) is 0 Å². The summed E-state index contributed by atoms with van der Waals surface area (Å²) >= 11 is 0. The Labute approximate surface area is 116 Å². The summed E-state index contributed by atoms with van der Waals surface area (Å²) in [5, 5.41) is 0. The molecule has 20 heavy (non-hydrogen) atoms. The number of rotatable bonds is 3. The van der Waals surface area contributed by atoms with Crippen molar-refractivity contribution >= 4 is 0 Å². The molecule has 4 heteroatoms. The first-order valence-corrected chi connectivity index (χ1v) is 6.87. The molecule has 0 spiro atoms. The van der Waals surface area contributed by atoms with E-state index >= 15 is 0 Å². The Hall–Kier alpha value is -1.94. The van der Waals surface area contributed by atoms with Gasteiger partial charge in [0.05, 0.1) is 6.54 Å². The zero-order valence-electron chi connectivity index (χ0n) is 11.2. The van der Waals surface area contributed by atoms with Crippen LogP contribution in [0.5, 0.6) is 0 Å². The van der Waals surface area contributed by atoms with Gasteiger partial charge in [-0.2, -0.15) is 0 Å². The van der Waals surface area contributed by atoms with Crippen LogP contribution in [-0.4, -0.2) is 4.57 Å². The van der Waals surface area contributed by atoms with Crippen LogP contribution in [0.1, 0.15) is 28.8 Å². The number of hydrogen-bond acceptors (Lipinski definition) is 2.